The fourth-order valence-corrected chi connectivity index (χ4v) is 2.63. The van der Waals surface area contributed by atoms with E-state index in [-0.39, 0.29) is 5.57 Å². The van der Waals surface area contributed by atoms with Crippen LogP contribution < -0.4 is 15.0 Å². The number of para-hydroxylation sites is 2. The van der Waals surface area contributed by atoms with Gasteiger partial charge in [-0.2, -0.15) is 0 Å². The van der Waals surface area contributed by atoms with Crippen molar-refractivity contribution in [1.29, 1.82) is 0 Å². The van der Waals surface area contributed by atoms with E-state index >= 15 is 0 Å². The molecular formula is C19H16N2O4. The summed E-state index contributed by atoms with van der Waals surface area (Å²) in [6, 6.07) is 13.2. The first kappa shape index (κ1) is 16.4. The lowest BCUT2D eigenvalue weighted by atomic mass is 10.1. The topological polar surface area (TPSA) is 75.7 Å². The summed E-state index contributed by atoms with van der Waals surface area (Å²) in [5, 5.41) is 2.21. The van der Waals surface area contributed by atoms with Crippen LogP contribution in [0.15, 0.2) is 54.1 Å². The van der Waals surface area contributed by atoms with Crippen LogP contribution in [-0.4, -0.2) is 25.0 Å². The normalized spacial score (nSPS) is 16.2. The van der Waals surface area contributed by atoms with E-state index in [9.17, 15) is 14.4 Å². The average Bonchev–Trinajstić information content (AvgIpc) is 2.60. The Morgan fingerprint density at radius 2 is 1.68 bits per heavy atom. The predicted molar refractivity (Wildman–Crippen MR) is 93.2 cm³/mol. The van der Waals surface area contributed by atoms with Gasteiger partial charge in [-0.1, -0.05) is 36.4 Å². The SMILES string of the molecule is COc1ccccc1C=C1C(=O)NC(=O)N(c2ccccc2C)C1=O. The number of hydrogen-bond donors (Lipinski definition) is 1. The van der Waals surface area contributed by atoms with Crippen molar-refractivity contribution in [2.75, 3.05) is 12.0 Å². The molecule has 126 valence electrons. The molecule has 0 unspecified atom stereocenters. The first-order valence-corrected chi connectivity index (χ1v) is 7.63. The highest BCUT2D eigenvalue weighted by molar-refractivity contribution is 6.39. The van der Waals surface area contributed by atoms with Crippen LogP contribution in [-0.2, 0) is 9.59 Å². The molecule has 1 saturated heterocycles. The molecule has 2 aromatic rings. The number of carbonyl (C=O) groups is 3. The van der Waals surface area contributed by atoms with Gasteiger partial charge in [0.1, 0.15) is 11.3 Å². The van der Waals surface area contributed by atoms with Gasteiger partial charge in [0, 0.05) is 5.56 Å². The van der Waals surface area contributed by atoms with Gasteiger partial charge >= 0.3 is 6.03 Å². The largest absolute Gasteiger partial charge is 0.496 e. The Balaban J connectivity index is 2.07. The third kappa shape index (κ3) is 3.01. The second-order valence-corrected chi connectivity index (χ2v) is 5.49. The van der Waals surface area contributed by atoms with E-state index < -0.39 is 17.8 Å². The van der Waals surface area contributed by atoms with Crippen LogP contribution in [0.25, 0.3) is 6.08 Å². The molecular weight excluding hydrogens is 320 g/mol. The van der Waals surface area contributed by atoms with Crippen LogP contribution in [0.1, 0.15) is 11.1 Å². The molecule has 1 fully saturated rings. The summed E-state index contributed by atoms with van der Waals surface area (Å²) in [6.07, 6.45) is 1.42. The van der Waals surface area contributed by atoms with Crippen molar-refractivity contribution in [3.63, 3.8) is 0 Å². The van der Waals surface area contributed by atoms with Crippen LogP contribution in [0.5, 0.6) is 5.75 Å². The summed E-state index contributed by atoms with van der Waals surface area (Å²) in [4.78, 5) is 38.2. The summed E-state index contributed by atoms with van der Waals surface area (Å²) < 4.78 is 5.24. The molecule has 0 atom stereocenters. The molecule has 6 heteroatoms. The van der Waals surface area contributed by atoms with E-state index in [4.69, 9.17) is 4.74 Å². The number of benzene rings is 2. The molecule has 2 aromatic carbocycles. The smallest absolute Gasteiger partial charge is 0.335 e. The maximum Gasteiger partial charge on any atom is 0.335 e. The second kappa shape index (κ2) is 6.60. The predicted octanol–water partition coefficient (Wildman–Crippen LogP) is 2.67. The van der Waals surface area contributed by atoms with Gasteiger partial charge in [-0.05, 0) is 30.7 Å². The summed E-state index contributed by atoms with van der Waals surface area (Å²) in [6.45, 7) is 1.79. The Labute approximate surface area is 144 Å². The highest BCUT2D eigenvalue weighted by atomic mass is 16.5. The van der Waals surface area contributed by atoms with Gasteiger partial charge in [0.15, 0.2) is 0 Å². The number of methoxy groups -OCH3 is 1. The molecule has 0 spiro atoms. The maximum absolute atomic E-state index is 12.8. The molecule has 0 bridgehead atoms. The zero-order chi connectivity index (χ0) is 18.0. The van der Waals surface area contributed by atoms with Crippen molar-refractivity contribution in [2.45, 2.75) is 6.92 Å². The fraction of sp³-hybridized carbons (Fsp3) is 0.105. The lowest BCUT2D eigenvalue weighted by Crippen LogP contribution is -2.54. The lowest BCUT2D eigenvalue weighted by molar-refractivity contribution is -0.122. The molecule has 1 N–H and O–H groups in total. The highest BCUT2D eigenvalue weighted by Crippen LogP contribution is 2.26. The number of amides is 4. The van der Waals surface area contributed by atoms with E-state index in [2.05, 4.69) is 5.32 Å². The molecule has 4 amide bonds. The first-order valence-electron chi connectivity index (χ1n) is 7.63. The molecule has 1 heterocycles. The van der Waals surface area contributed by atoms with Crippen molar-refractivity contribution >= 4 is 29.6 Å². The summed E-state index contributed by atoms with van der Waals surface area (Å²) in [5.74, 6) is -0.880. The Bertz CT molecular complexity index is 902. The van der Waals surface area contributed by atoms with Crippen molar-refractivity contribution in [3.8, 4) is 5.75 Å². The van der Waals surface area contributed by atoms with E-state index in [0.717, 1.165) is 10.5 Å². The molecule has 0 aromatic heterocycles. The Hall–Kier alpha value is -3.41. The van der Waals surface area contributed by atoms with Gasteiger partial charge in [0.05, 0.1) is 12.8 Å². The van der Waals surface area contributed by atoms with E-state index in [1.54, 1.807) is 49.4 Å². The third-order valence-electron chi connectivity index (χ3n) is 3.90. The summed E-state index contributed by atoms with van der Waals surface area (Å²) in [7, 11) is 1.50. The number of hydrogen-bond acceptors (Lipinski definition) is 4. The fourth-order valence-electron chi connectivity index (χ4n) is 2.63. The Morgan fingerprint density at radius 3 is 2.40 bits per heavy atom. The Morgan fingerprint density at radius 1 is 1.00 bits per heavy atom. The molecule has 3 rings (SSSR count). The molecule has 0 saturated carbocycles. The number of imide groups is 2. The summed E-state index contributed by atoms with van der Waals surface area (Å²) in [5.41, 5.74) is 1.62. The quantitative estimate of drug-likeness (QED) is 0.691. The van der Waals surface area contributed by atoms with Gasteiger partial charge in [0.2, 0.25) is 0 Å². The minimum Gasteiger partial charge on any atom is -0.496 e. The number of barbiturate groups is 1. The molecule has 6 nitrogen and oxygen atoms in total. The van der Waals surface area contributed by atoms with Crippen molar-refractivity contribution in [3.05, 3.63) is 65.2 Å². The Kier molecular flexibility index (Phi) is 4.35. The van der Waals surface area contributed by atoms with Crippen molar-refractivity contribution in [2.24, 2.45) is 0 Å². The second-order valence-electron chi connectivity index (χ2n) is 5.49. The lowest BCUT2D eigenvalue weighted by Gasteiger charge is -2.27. The molecule has 0 aliphatic carbocycles. The van der Waals surface area contributed by atoms with Crippen LogP contribution in [0, 0.1) is 6.92 Å². The number of nitrogens with zero attached hydrogens (tertiary/aromatic N) is 1. The number of ether oxygens (including phenoxy) is 1. The third-order valence-corrected chi connectivity index (χ3v) is 3.90. The molecule has 0 radical (unpaired) electrons. The average molecular weight is 336 g/mol. The van der Waals surface area contributed by atoms with Crippen LogP contribution in [0.3, 0.4) is 0 Å². The molecule has 25 heavy (non-hydrogen) atoms. The van der Waals surface area contributed by atoms with E-state index in [0.29, 0.717) is 17.0 Å². The van der Waals surface area contributed by atoms with Gasteiger partial charge in [0.25, 0.3) is 11.8 Å². The van der Waals surface area contributed by atoms with E-state index in [1.165, 1.54) is 13.2 Å². The van der Waals surface area contributed by atoms with Gasteiger partial charge < -0.3 is 4.74 Å². The summed E-state index contributed by atoms with van der Waals surface area (Å²) >= 11 is 0. The first-order chi connectivity index (χ1) is 12.0. The number of nitrogens with one attached hydrogen (secondary N) is 1. The number of carbonyl (C=O) groups excluding carboxylic acids is 3. The zero-order valence-corrected chi connectivity index (χ0v) is 13.8. The molecule has 1 aliphatic heterocycles. The minimum atomic E-state index is -0.763. The standard InChI is InChI=1S/C19H16N2O4/c1-12-7-3-5-9-15(12)21-18(23)14(17(22)20-19(21)24)11-13-8-4-6-10-16(13)25-2/h3-11H,1-2H3,(H,20,22,24). The molecule has 1 aliphatic rings. The monoisotopic (exact) mass is 336 g/mol. The number of rotatable bonds is 3. The van der Waals surface area contributed by atoms with Crippen molar-refractivity contribution in [1.82, 2.24) is 5.32 Å². The van der Waals surface area contributed by atoms with Crippen molar-refractivity contribution < 1.29 is 19.1 Å². The van der Waals surface area contributed by atoms with E-state index in [1.807, 2.05) is 6.07 Å². The van der Waals surface area contributed by atoms with Crippen LogP contribution >= 0.6 is 0 Å². The number of urea groups is 1. The van der Waals surface area contributed by atoms with Gasteiger partial charge in [-0.25, -0.2) is 9.69 Å². The minimum absolute atomic E-state index is 0.132. The van der Waals surface area contributed by atoms with Gasteiger partial charge in [-0.15, -0.1) is 0 Å². The van der Waals surface area contributed by atoms with Crippen LogP contribution in [0.4, 0.5) is 10.5 Å². The van der Waals surface area contributed by atoms with Crippen LogP contribution in [0.2, 0.25) is 0 Å². The maximum atomic E-state index is 12.8. The zero-order valence-electron chi connectivity index (χ0n) is 13.8. The van der Waals surface area contributed by atoms with Gasteiger partial charge in [-0.3, -0.25) is 14.9 Å². The number of anilines is 1. The highest BCUT2D eigenvalue weighted by Gasteiger charge is 2.37. The number of aryl methyl sites for hydroxylation is 1.